The fourth-order valence-electron chi connectivity index (χ4n) is 1.57. The predicted octanol–water partition coefficient (Wildman–Crippen LogP) is 2.76. The van der Waals surface area contributed by atoms with E-state index in [4.69, 9.17) is 4.74 Å². The molecule has 0 fully saturated rings. The second-order valence-corrected chi connectivity index (χ2v) is 4.10. The predicted molar refractivity (Wildman–Crippen MR) is 69.0 cm³/mol. The first-order chi connectivity index (χ1) is 8.17. The molecule has 0 aliphatic carbocycles. The minimum Gasteiger partial charge on any atom is -0.481 e. The van der Waals surface area contributed by atoms with Crippen molar-refractivity contribution in [2.75, 3.05) is 0 Å². The zero-order valence-electron chi connectivity index (χ0n) is 10.8. The van der Waals surface area contributed by atoms with Gasteiger partial charge in [-0.05, 0) is 31.9 Å². The second kappa shape index (κ2) is 6.94. The number of hydrogen-bond donors (Lipinski definition) is 1. The largest absolute Gasteiger partial charge is 0.481 e. The Hall–Kier alpha value is -1.51. The summed E-state index contributed by atoms with van der Waals surface area (Å²) in [6.07, 6.45) is 1.43. The van der Waals surface area contributed by atoms with E-state index in [1.807, 2.05) is 30.3 Å². The fourth-order valence-corrected chi connectivity index (χ4v) is 1.57. The molecule has 0 aliphatic heterocycles. The number of carbonyl (C=O) groups excluding carboxylic acids is 1. The molecular formula is C14H21NO2. The van der Waals surface area contributed by atoms with Crippen molar-refractivity contribution in [1.29, 1.82) is 0 Å². The summed E-state index contributed by atoms with van der Waals surface area (Å²) in [4.78, 5) is 11.8. The highest BCUT2D eigenvalue weighted by molar-refractivity contribution is 5.80. The summed E-state index contributed by atoms with van der Waals surface area (Å²) in [5.41, 5.74) is 0. The van der Waals surface area contributed by atoms with E-state index < -0.39 is 6.10 Å². The highest BCUT2D eigenvalue weighted by atomic mass is 16.5. The zero-order chi connectivity index (χ0) is 12.7. The van der Waals surface area contributed by atoms with Crippen LogP contribution in [-0.4, -0.2) is 18.1 Å². The van der Waals surface area contributed by atoms with Crippen molar-refractivity contribution in [2.24, 2.45) is 0 Å². The molecule has 1 aromatic rings. The lowest BCUT2D eigenvalue weighted by atomic mass is 10.1. The summed E-state index contributed by atoms with van der Waals surface area (Å²) in [7, 11) is 0. The normalized spacial score (nSPS) is 12.2. The topological polar surface area (TPSA) is 38.3 Å². The van der Waals surface area contributed by atoms with Crippen LogP contribution in [0.2, 0.25) is 0 Å². The van der Waals surface area contributed by atoms with E-state index in [0.717, 1.165) is 18.6 Å². The number of ether oxygens (including phenoxy) is 1. The Morgan fingerprint density at radius 2 is 1.82 bits per heavy atom. The van der Waals surface area contributed by atoms with Crippen LogP contribution in [0.5, 0.6) is 5.75 Å². The van der Waals surface area contributed by atoms with Crippen LogP contribution in [0.4, 0.5) is 0 Å². The Kier molecular flexibility index (Phi) is 5.53. The number of benzene rings is 1. The first-order valence-electron chi connectivity index (χ1n) is 6.19. The molecule has 1 rings (SSSR count). The molecule has 1 N–H and O–H groups in total. The van der Waals surface area contributed by atoms with E-state index in [1.54, 1.807) is 6.92 Å². The SMILES string of the molecule is CCC(CC)NC(=O)C(C)Oc1ccccc1. The second-order valence-electron chi connectivity index (χ2n) is 4.10. The molecule has 0 radical (unpaired) electrons. The number of carbonyl (C=O) groups is 1. The molecular weight excluding hydrogens is 214 g/mol. The maximum atomic E-state index is 11.8. The van der Waals surface area contributed by atoms with Crippen LogP contribution in [0.3, 0.4) is 0 Å². The smallest absolute Gasteiger partial charge is 0.260 e. The van der Waals surface area contributed by atoms with Crippen LogP contribution in [0.1, 0.15) is 33.6 Å². The lowest BCUT2D eigenvalue weighted by Gasteiger charge is -2.19. The van der Waals surface area contributed by atoms with Crippen molar-refractivity contribution in [2.45, 2.75) is 45.8 Å². The van der Waals surface area contributed by atoms with Crippen molar-refractivity contribution >= 4 is 5.91 Å². The molecule has 0 bridgehead atoms. The van der Waals surface area contributed by atoms with Crippen LogP contribution in [0.25, 0.3) is 0 Å². The molecule has 0 saturated carbocycles. The zero-order valence-corrected chi connectivity index (χ0v) is 10.8. The molecule has 1 atom stereocenters. The Morgan fingerprint density at radius 3 is 2.35 bits per heavy atom. The molecule has 0 heterocycles. The molecule has 94 valence electrons. The van der Waals surface area contributed by atoms with E-state index in [1.165, 1.54) is 0 Å². The van der Waals surface area contributed by atoms with Gasteiger partial charge in [-0.3, -0.25) is 4.79 Å². The molecule has 0 spiro atoms. The standard InChI is InChI=1S/C14H21NO2/c1-4-12(5-2)15-14(16)11(3)17-13-9-7-6-8-10-13/h6-12H,4-5H2,1-3H3,(H,15,16). The van der Waals surface area contributed by atoms with Gasteiger partial charge in [-0.1, -0.05) is 32.0 Å². The van der Waals surface area contributed by atoms with Gasteiger partial charge in [0, 0.05) is 6.04 Å². The van der Waals surface area contributed by atoms with Gasteiger partial charge in [-0.2, -0.15) is 0 Å². The van der Waals surface area contributed by atoms with Crippen molar-refractivity contribution < 1.29 is 9.53 Å². The first kappa shape index (κ1) is 13.6. The number of para-hydroxylation sites is 1. The van der Waals surface area contributed by atoms with Gasteiger partial charge in [0.25, 0.3) is 5.91 Å². The lowest BCUT2D eigenvalue weighted by molar-refractivity contribution is -0.128. The van der Waals surface area contributed by atoms with E-state index in [9.17, 15) is 4.79 Å². The highest BCUT2D eigenvalue weighted by Gasteiger charge is 2.16. The lowest BCUT2D eigenvalue weighted by Crippen LogP contribution is -2.42. The molecule has 1 unspecified atom stereocenters. The Bertz CT molecular complexity index is 333. The first-order valence-corrected chi connectivity index (χ1v) is 6.19. The van der Waals surface area contributed by atoms with Crippen LogP contribution in [-0.2, 0) is 4.79 Å². The summed E-state index contributed by atoms with van der Waals surface area (Å²) < 4.78 is 5.55. The molecule has 0 aliphatic rings. The highest BCUT2D eigenvalue weighted by Crippen LogP contribution is 2.11. The monoisotopic (exact) mass is 235 g/mol. The minimum atomic E-state index is -0.460. The average molecular weight is 235 g/mol. The molecule has 3 heteroatoms. The number of nitrogens with one attached hydrogen (secondary N) is 1. The quantitative estimate of drug-likeness (QED) is 0.823. The van der Waals surface area contributed by atoms with Gasteiger partial charge in [0.15, 0.2) is 6.10 Å². The fraction of sp³-hybridized carbons (Fsp3) is 0.500. The van der Waals surface area contributed by atoms with Gasteiger partial charge in [0.05, 0.1) is 0 Å². The van der Waals surface area contributed by atoms with Gasteiger partial charge in [-0.15, -0.1) is 0 Å². The van der Waals surface area contributed by atoms with Gasteiger partial charge >= 0.3 is 0 Å². The number of hydrogen-bond acceptors (Lipinski definition) is 2. The van der Waals surface area contributed by atoms with Crippen LogP contribution < -0.4 is 10.1 Å². The molecule has 0 aromatic heterocycles. The third-order valence-corrected chi connectivity index (χ3v) is 2.76. The Balaban J connectivity index is 2.47. The third-order valence-electron chi connectivity index (χ3n) is 2.76. The van der Waals surface area contributed by atoms with E-state index in [2.05, 4.69) is 19.2 Å². The van der Waals surface area contributed by atoms with E-state index in [0.29, 0.717) is 0 Å². The van der Waals surface area contributed by atoms with Crippen molar-refractivity contribution in [3.63, 3.8) is 0 Å². The van der Waals surface area contributed by atoms with Crippen LogP contribution in [0.15, 0.2) is 30.3 Å². The van der Waals surface area contributed by atoms with Gasteiger partial charge < -0.3 is 10.1 Å². The maximum Gasteiger partial charge on any atom is 0.260 e. The Morgan fingerprint density at radius 1 is 1.24 bits per heavy atom. The molecule has 1 aromatic carbocycles. The van der Waals surface area contributed by atoms with E-state index >= 15 is 0 Å². The molecule has 17 heavy (non-hydrogen) atoms. The summed E-state index contributed by atoms with van der Waals surface area (Å²) in [5, 5.41) is 2.97. The van der Waals surface area contributed by atoms with Gasteiger partial charge in [-0.25, -0.2) is 0 Å². The summed E-state index contributed by atoms with van der Waals surface area (Å²) in [6, 6.07) is 9.63. The van der Waals surface area contributed by atoms with Crippen molar-refractivity contribution in [3.05, 3.63) is 30.3 Å². The Labute approximate surface area is 103 Å². The summed E-state index contributed by atoms with van der Waals surface area (Å²) in [6.45, 7) is 5.90. The number of amides is 1. The minimum absolute atomic E-state index is 0.0532. The van der Waals surface area contributed by atoms with Crippen molar-refractivity contribution in [3.8, 4) is 5.75 Å². The molecule has 3 nitrogen and oxygen atoms in total. The molecule has 1 amide bonds. The summed E-state index contributed by atoms with van der Waals surface area (Å²) in [5.74, 6) is 0.669. The van der Waals surface area contributed by atoms with E-state index in [-0.39, 0.29) is 11.9 Å². The third kappa shape index (κ3) is 4.47. The van der Waals surface area contributed by atoms with Gasteiger partial charge in [0.2, 0.25) is 0 Å². The van der Waals surface area contributed by atoms with Crippen LogP contribution >= 0.6 is 0 Å². The average Bonchev–Trinajstić information content (AvgIpc) is 2.36. The number of rotatable bonds is 6. The van der Waals surface area contributed by atoms with Gasteiger partial charge in [0.1, 0.15) is 5.75 Å². The van der Waals surface area contributed by atoms with Crippen LogP contribution in [0, 0.1) is 0 Å². The van der Waals surface area contributed by atoms with Crippen molar-refractivity contribution in [1.82, 2.24) is 5.32 Å². The molecule has 0 saturated heterocycles. The summed E-state index contributed by atoms with van der Waals surface area (Å²) >= 11 is 0. The maximum absolute atomic E-state index is 11.8.